The summed E-state index contributed by atoms with van der Waals surface area (Å²) < 4.78 is 32.7. The second kappa shape index (κ2) is 7.26. The van der Waals surface area contributed by atoms with Crippen LogP contribution in [0.3, 0.4) is 0 Å². The minimum atomic E-state index is -1.32. The van der Waals surface area contributed by atoms with Gasteiger partial charge in [-0.05, 0) is 29.8 Å². The molecule has 10 heteroatoms. The van der Waals surface area contributed by atoms with Crippen LogP contribution in [-0.2, 0) is 0 Å². The molecular weight excluding hydrogens is 426 g/mol. The van der Waals surface area contributed by atoms with Crippen molar-refractivity contribution in [1.82, 2.24) is 4.98 Å². The lowest BCUT2D eigenvalue weighted by Crippen LogP contribution is -2.14. The quantitative estimate of drug-likeness (QED) is 0.446. The molecule has 4 aromatic rings. The number of hydrogen-bond donors (Lipinski definition) is 2. The molecule has 2 N–H and O–H groups in total. The molecule has 1 amide bonds. The molecule has 0 unspecified atom stereocenters. The topological polar surface area (TPSA) is 92.4 Å². The smallest absolute Gasteiger partial charge is 0.339 e. The summed E-state index contributed by atoms with van der Waals surface area (Å²) in [5.74, 6) is -3.95. The zero-order valence-electron chi connectivity index (χ0n) is 14.2. The minimum Gasteiger partial charge on any atom is -0.478 e. The highest BCUT2D eigenvalue weighted by Gasteiger charge is 2.24. The number of carbonyl (C=O) groups excluding carboxylic acids is 1. The van der Waals surface area contributed by atoms with Gasteiger partial charge < -0.3 is 14.8 Å². The molecule has 0 fully saturated rings. The van der Waals surface area contributed by atoms with Gasteiger partial charge in [-0.2, -0.15) is 0 Å². The first-order valence-electron chi connectivity index (χ1n) is 8.01. The summed E-state index contributed by atoms with van der Waals surface area (Å²) in [5.41, 5.74) is 0.228. The number of nitrogens with zero attached hydrogens (tertiary/aromatic N) is 1. The van der Waals surface area contributed by atoms with Crippen molar-refractivity contribution in [2.75, 3.05) is 5.32 Å². The lowest BCUT2D eigenvalue weighted by atomic mass is 10.0. The van der Waals surface area contributed by atoms with Crippen molar-refractivity contribution in [2.45, 2.75) is 0 Å². The number of fused-ring (bicyclic) bond motifs is 1. The molecule has 2 aromatic heterocycles. The van der Waals surface area contributed by atoms with Crippen molar-refractivity contribution in [3.8, 4) is 11.1 Å². The van der Waals surface area contributed by atoms with Crippen molar-refractivity contribution < 1.29 is 27.9 Å². The Labute approximate surface area is 170 Å². The normalized spacial score (nSPS) is 11.0. The van der Waals surface area contributed by atoms with E-state index in [-0.39, 0.29) is 37.8 Å². The van der Waals surface area contributed by atoms with Crippen LogP contribution in [0.5, 0.6) is 0 Å². The maximum Gasteiger partial charge on any atom is 0.339 e. The van der Waals surface area contributed by atoms with E-state index in [1.807, 2.05) is 0 Å². The molecule has 0 saturated carbocycles. The molecule has 0 aliphatic carbocycles. The van der Waals surface area contributed by atoms with Crippen LogP contribution in [0.1, 0.15) is 21.0 Å². The predicted octanol–water partition coefficient (Wildman–Crippen LogP) is 5.44. The van der Waals surface area contributed by atoms with Gasteiger partial charge in [0.2, 0.25) is 0 Å². The summed E-state index contributed by atoms with van der Waals surface area (Å²) in [6, 6.07) is 7.90. The predicted molar refractivity (Wildman–Crippen MR) is 104 cm³/mol. The van der Waals surface area contributed by atoms with Gasteiger partial charge >= 0.3 is 11.9 Å². The number of halogens is 3. The first-order valence-corrected chi connectivity index (χ1v) is 9.27. The molecule has 0 atom stereocenters. The highest BCUT2D eigenvalue weighted by Crippen LogP contribution is 2.37. The zero-order chi connectivity index (χ0) is 20.7. The number of oxazole rings is 1. The van der Waals surface area contributed by atoms with Gasteiger partial charge in [-0.1, -0.05) is 23.7 Å². The monoisotopic (exact) mass is 434 g/mol. The Bertz CT molecular complexity index is 1280. The van der Waals surface area contributed by atoms with Crippen molar-refractivity contribution >= 4 is 50.9 Å². The Balaban J connectivity index is 1.70. The third-order valence-electron chi connectivity index (χ3n) is 4.03. The van der Waals surface area contributed by atoms with E-state index in [0.717, 1.165) is 17.4 Å². The molecule has 2 aromatic carbocycles. The summed E-state index contributed by atoms with van der Waals surface area (Å²) in [6.45, 7) is 0. The van der Waals surface area contributed by atoms with E-state index in [1.54, 1.807) is 0 Å². The van der Waals surface area contributed by atoms with E-state index in [9.17, 15) is 23.5 Å². The van der Waals surface area contributed by atoms with Crippen LogP contribution in [0.2, 0.25) is 5.02 Å². The molecule has 0 spiro atoms. The molecule has 6 nitrogen and oxygen atoms in total. The van der Waals surface area contributed by atoms with Gasteiger partial charge in [-0.25, -0.2) is 18.6 Å². The van der Waals surface area contributed by atoms with Crippen LogP contribution in [-0.4, -0.2) is 22.0 Å². The number of carboxylic acids is 1. The van der Waals surface area contributed by atoms with Gasteiger partial charge in [0.05, 0.1) is 5.02 Å². The lowest BCUT2D eigenvalue weighted by molar-refractivity contribution is 0.0699. The van der Waals surface area contributed by atoms with Crippen LogP contribution >= 0.6 is 22.9 Å². The molecule has 0 saturated heterocycles. The average Bonchev–Trinajstić information content (AvgIpc) is 3.29. The maximum atomic E-state index is 13.8. The Hall–Kier alpha value is -3.30. The Morgan fingerprint density at radius 2 is 1.97 bits per heavy atom. The minimum absolute atomic E-state index is 0.00409. The summed E-state index contributed by atoms with van der Waals surface area (Å²) in [4.78, 5) is 28.0. The second-order valence-electron chi connectivity index (χ2n) is 5.85. The number of carboxylic acid groups (broad SMARTS) is 1. The average molecular weight is 435 g/mol. The van der Waals surface area contributed by atoms with E-state index in [4.69, 9.17) is 16.0 Å². The largest absolute Gasteiger partial charge is 0.478 e. The maximum absolute atomic E-state index is 13.8. The van der Waals surface area contributed by atoms with E-state index in [0.29, 0.717) is 0 Å². The summed E-state index contributed by atoms with van der Waals surface area (Å²) in [5, 5.41) is 13.4. The number of benzene rings is 2. The first-order chi connectivity index (χ1) is 13.8. The van der Waals surface area contributed by atoms with Crippen molar-refractivity contribution in [2.24, 2.45) is 0 Å². The van der Waals surface area contributed by atoms with E-state index in [1.165, 1.54) is 35.7 Å². The van der Waals surface area contributed by atoms with Gasteiger partial charge in [0, 0.05) is 10.9 Å². The summed E-state index contributed by atoms with van der Waals surface area (Å²) >= 11 is 6.60. The molecule has 0 aliphatic heterocycles. The lowest BCUT2D eigenvalue weighted by Gasteiger charge is -2.05. The highest BCUT2D eigenvalue weighted by molar-refractivity contribution is 7.15. The van der Waals surface area contributed by atoms with Gasteiger partial charge in [0.1, 0.15) is 21.9 Å². The summed E-state index contributed by atoms with van der Waals surface area (Å²) in [7, 11) is 0. The molecule has 0 aliphatic rings. The Morgan fingerprint density at radius 1 is 1.17 bits per heavy atom. The van der Waals surface area contributed by atoms with E-state index < -0.39 is 29.4 Å². The Morgan fingerprint density at radius 3 is 2.66 bits per heavy atom. The number of aromatic nitrogens is 1. The number of hydrogen-bond acceptors (Lipinski definition) is 5. The molecule has 146 valence electrons. The number of amides is 1. The number of aromatic carboxylic acids is 1. The first kappa shape index (κ1) is 19.0. The third kappa shape index (κ3) is 3.45. The number of anilines is 1. The Kier molecular flexibility index (Phi) is 4.77. The fourth-order valence-electron chi connectivity index (χ4n) is 2.71. The number of rotatable bonds is 4. The van der Waals surface area contributed by atoms with Crippen LogP contribution in [0, 0.1) is 11.6 Å². The molecule has 0 bridgehead atoms. The number of thiophene rings is 1. The zero-order valence-corrected chi connectivity index (χ0v) is 15.8. The fourth-order valence-corrected chi connectivity index (χ4v) is 3.78. The van der Waals surface area contributed by atoms with Gasteiger partial charge in [-0.15, -0.1) is 11.3 Å². The van der Waals surface area contributed by atoms with E-state index >= 15 is 0 Å². The van der Waals surface area contributed by atoms with Gasteiger partial charge in [-0.3, -0.25) is 4.79 Å². The van der Waals surface area contributed by atoms with Crippen LogP contribution in [0.25, 0.3) is 22.2 Å². The number of nitrogens with one attached hydrogen (secondary N) is 1. The van der Waals surface area contributed by atoms with Gasteiger partial charge in [0.25, 0.3) is 5.89 Å². The third-order valence-corrected chi connectivity index (χ3v) is 5.23. The molecule has 2 heterocycles. The fraction of sp³-hybridized carbons (Fsp3) is 0. The standard InChI is InChI=1S/C19H9ClF2N2O4S/c20-10-5-4-8(6-12(10)22)9-7-29-18(14(9)19(26)27)24-16(25)17-23-15-11(21)2-1-3-13(15)28-17/h1-7H,(H,24,25)(H,26,27). The molecule has 4 rings (SSSR count). The number of para-hydroxylation sites is 1. The second-order valence-corrected chi connectivity index (χ2v) is 7.13. The van der Waals surface area contributed by atoms with Crippen LogP contribution in [0.15, 0.2) is 46.2 Å². The number of carbonyl (C=O) groups is 2. The molecule has 29 heavy (non-hydrogen) atoms. The van der Waals surface area contributed by atoms with Crippen LogP contribution in [0.4, 0.5) is 13.8 Å². The SMILES string of the molecule is O=C(Nc1scc(-c2ccc(Cl)c(F)c2)c1C(=O)O)c1nc2c(F)cccc2o1. The van der Waals surface area contributed by atoms with Gasteiger partial charge in [0.15, 0.2) is 11.4 Å². The summed E-state index contributed by atoms with van der Waals surface area (Å²) in [6.07, 6.45) is 0. The molecule has 0 radical (unpaired) electrons. The van der Waals surface area contributed by atoms with Crippen molar-refractivity contribution in [3.63, 3.8) is 0 Å². The van der Waals surface area contributed by atoms with E-state index in [2.05, 4.69) is 10.3 Å². The van der Waals surface area contributed by atoms with Crippen LogP contribution < -0.4 is 5.32 Å². The highest BCUT2D eigenvalue weighted by atomic mass is 35.5. The van der Waals surface area contributed by atoms with Crippen molar-refractivity contribution in [1.29, 1.82) is 0 Å². The van der Waals surface area contributed by atoms with Crippen molar-refractivity contribution in [3.05, 3.63) is 69.9 Å². The molecular formula is C19H9ClF2N2O4S.